The molecule has 1 unspecified atom stereocenters. The highest BCUT2D eigenvalue weighted by molar-refractivity contribution is 7.99. The van der Waals surface area contributed by atoms with Gasteiger partial charge in [-0.15, -0.1) is 0 Å². The Morgan fingerprint density at radius 2 is 2.00 bits per heavy atom. The lowest BCUT2D eigenvalue weighted by atomic mass is 10.3. The van der Waals surface area contributed by atoms with E-state index in [-0.39, 0.29) is 10.9 Å². The van der Waals surface area contributed by atoms with E-state index in [0.29, 0.717) is 13.1 Å². The number of hydrogen-bond acceptors (Lipinski definition) is 4. The average molecular weight is 332 g/mol. The zero-order chi connectivity index (χ0) is 15.5. The van der Waals surface area contributed by atoms with Gasteiger partial charge >= 0.3 is 0 Å². The zero-order valence-corrected chi connectivity index (χ0v) is 14.0. The second kappa shape index (κ2) is 7.09. The van der Waals surface area contributed by atoms with Crippen LogP contribution < -0.4 is 0 Å². The summed E-state index contributed by atoms with van der Waals surface area (Å²) in [6.07, 6.45) is 0.842. The Labute approximate surface area is 130 Å². The molecule has 1 fully saturated rings. The number of likely N-dealkylation sites (N-methyl/N-ethyl adjacent to an activating group) is 1. The number of benzene rings is 1. The Kier molecular flexibility index (Phi) is 5.65. The molecular formula is C14H21FN2O2S2. The number of thioether (sulfide) groups is 1. The highest BCUT2D eigenvalue weighted by Gasteiger charge is 2.32. The summed E-state index contributed by atoms with van der Waals surface area (Å²) in [5, 5.41) is 0. The van der Waals surface area contributed by atoms with Crippen molar-refractivity contribution in [2.45, 2.75) is 17.4 Å². The van der Waals surface area contributed by atoms with E-state index in [1.165, 1.54) is 24.3 Å². The molecule has 0 amide bonds. The van der Waals surface area contributed by atoms with E-state index in [1.807, 2.05) is 19.0 Å². The Hall–Kier alpha value is -0.630. The fraction of sp³-hybridized carbons (Fsp3) is 0.571. The van der Waals surface area contributed by atoms with E-state index in [2.05, 4.69) is 0 Å². The van der Waals surface area contributed by atoms with Crippen LogP contribution in [0.5, 0.6) is 0 Å². The van der Waals surface area contributed by atoms with Gasteiger partial charge in [0.1, 0.15) is 5.82 Å². The Bertz CT molecular complexity index is 561. The van der Waals surface area contributed by atoms with Crippen molar-refractivity contribution in [3.63, 3.8) is 0 Å². The van der Waals surface area contributed by atoms with E-state index >= 15 is 0 Å². The van der Waals surface area contributed by atoms with Gasteiger partial charge in [-0.05, 0) is 50.5 Å². The van der Waals surface area contributed by atoms with Gasteiger partial charge in [0.2, 0.25) is 10.0 Å². The summed E-state index contributed by atoms with van der Waals surface area (Å²) in [6.45, 7) is 1.21. The van der Waals surface area contributed by atoms with Crippen LogP contribution in [0.3, 0.4) is 0 Å². The van der Waals surface area contributed by atoms with E-state index in [9.17, 15) is 12.8 Å². The quantitative estimate of drug-likeness (QED) is 0.844. The van der Waals surface area contributed by atoms with Crippen LogP contribution in [0.4, 0.5) is 4.39 Å². The molecule has 0 bridgehead atoms. The molecular weight excluding hydrogens is 311 g/mol. The van der Waals surface area contributed by atoms with Gasteiger partial charge in [-0.25, -0.2) is 12.8 Å². The number of rotatable bonds is 4. The fourth-order valence-electron chi connectivity index (χ4n) is 2.43. The van der Waals surface area contributed by atoms with Gasteiger partial charge in [-0.3, -0.25) is 0 Å². The molecule has 118 valence electrons. The number of halogens is 1. The van der Waals surface area contributed by atoms with Gasteiger partial charge in [0.05, 0.1) is 4.90 Å². The normalized spacial score (nSPS) is 21.4. The van der Waals surface area contributed by atoms with Gasteiger partial charge in [-0.1, -0.05) is 0 Å². The van der Waals surface area contributed by atoms with Crippen LogP contribution in [0, 0.1) is 5.82 Å². The molecule has 0 aliphatic carbocycles. The van der Waals surface area contributed by atoms with Gasteiger partial charge in [0.15, 0.2) is 0 Å². The van der Waals surface area contributed by atoms with Crippen LogP contribution in [0.2, 0.25) is 0 Å². The van der Waals surface area contributed by atoms with Crippen LogP contribution in [0.1, 0.15) is 6.42 Å². The second-order valence-corrected chi connectivity index (χ2v) is 8.45. The maximum atomic E-state index is 13.0. The van der Waals surface area contributed by atoms with E-state index in [4.69, 9.17) is 0 Å². The van der Waals surface area contributed by atoms with Gasteiger partial charge < -0.3 is 4.90 Å². The Morgan fingerprint density at radius 1 is 1.33 bits per heavy atom. The summed E-state index contributed by atoms with van der Waals surface area (Å²) in [7, 11) is 0.315. The lowest BCUT2D eigenvalue weighted by Gasteiger charge is -2.30. The third-order valence-corrected chi connectivity index (χ3v) is 6.54. The predicted octanol–water partition coefficient (Wildman–Crippen LogP) is 1.88. The van der Waals surface area contributed by atoms with Crippen LogP contribution in [0.15, 0.2) is 29.2 Å². The van der Waals surface area contributed by atoms with Crippen LogP contribution >= 0.6 is 11.8 Å². The monoisotopic (exact) mass is 332 g/mol. The van der Waals surface area contributed by atoms with Crippen LogP contribution in [-0.4, -0.2) is 62.4 Å². The minimum atomic E-state index is -3.57. The number of sulfonamides is 1. The third kappa shape index (κ3) is 4.18. The van der Waals surface area contributed by atoms with E-state index in [1.54, 1.807) is 16.1 Å². The molecule has 1 aliphatic heterocycles. The molecule has 7 heteroatoms. The highest BCUT2D eigenvalue weighted by Crippen LogP contribution is 2.24. The molecule has 0 N–H and O–H groups in total. The first-order valence-corrected chi connectivity index (χ1v) is 9.50. The minimum Gasteiger partial charge on any atom is -0.308 e. The molecule has 1 saturated heterocycles. The number of nitrogens with zero attached hydrogens (tertiary/aromatic N) is 2. The first-order valence-electron chi connectivity index (χ1n) is 6.91. The molecule has 1 aliphatic rings. The van der Waals surface area contributed by atoms with Crippen molar-refractivity contribution in [2.24, 2.45) is 0 Å². The van der Waals surface area contributed by atoms with Crippen molar-refractivity contribution in [2.75, 3.05) is 38.7 Å². The lowest BCUT2D eigenvalue weighted by molar-refractivity contribution is 0.271. The summed E-state index contributed by atoms with van der Waals surface area (Å²) in [4.78, 5) is 2.17. The molecule has 21 heavy (non-hydrogen) atoms. The predicted molar refractivity (Wildman–Crippen MR) is 84.6 cm³/mol. The molecule has 4 nitrogen and oxygen atoms in total. The SMILES string of the molecule is CN(C)CC1CSCCCN1S(=O)(=O)c1ccc(F)cc1. The molecule has 0 spiro atoms. The summed E-state index contributed by atoms with van der Waals surface area (Å²) in [5.74, 6) is 1.34. The summed E-state index contributed by atoms with van der Waals surface area (Å²) >= 11 is 1.79. The van der Waals surface area contributed by atoms with E-state index < -0.39 is 15.8 Å². The molecule has 1 aromatic carbocycles. The van der Waals surface area contributed by atoms with Crippen molar-refractivity contribution >= 4 is 21.8 Å². The minimum absolute atomic E-state index is 0.0532. The van der Waals surface area contributed by atoms with Crippen molar-refractivity contribution in [1.82, 2.24) is 9.21 Å². The van der Waals surface area contributed by atoms with Crippen molar-refractivity contribution in [3.8, 4) is 0 Å². The van der Waals surface area contributed by atoms with E-state index in [0.717, 1.165) is 17.9 Å². The van der Waals surface area contributed by atoms with Gasteiger partial charge in [0, 0.05) is 24.9 Å². The van der Waals surface area contributed by atoms with Crippen molar-refractivity contribution in [1.29, 1.82) is 0 Å². The first kappa shape index (κ1) is 16.7. The van der Waals surface area contributed by atoms with Crippen molar-refractivity contribution in [3.05, 3.63) is 30.1 Å². The van der Waals surface area contributed by atoms with Crippen LogP contribution in [-0.2, 0) is 10.0 Å². The zero-order valence-electron chi connectivity index (χ0n) is 12.3. The average Bonchev–Trinajstić information content (AvgIpc) is 2.64. The summed E-state index contributed by atoms with van der Waals surface area (Å²) in [5.41, 5.74) is 0. The maximum absolute atomic E-state index is 13.0. The summed E-state index contributed by atoms with van der Waals surface area (Å²) in [6, 6.07) is 5.02. The molecule has 0 aromatic heterocycles. The molecule has 0 saturated carbocycles. The molecule has 1 aromatic rings. The topological polar surface area (TPSA) is 40.6 Å². The van der Waals surface area contributed by atoms with Gasteiger partial charge in [0.25, 0.3) is 0 Å². The number of hydrogen-bond donors (Lipinski definition) is 0. The molecule has 2 rings (SSSR count). The fourth-order valence-corrected chi connectivity index (χ4v) is 5.24. The maximum Gasteiger partial charge on any atom is 0.243 e. The smallest absolute Gasteiger partial charge is 0.243 e. The van der Waals surface area contributed by atoms with Gasteiger partial charge in [-0.2, -0.15) is 16.1 Å². The Balaban J connectivity index is 2.31. The standard InChI is InChI=1S/C14H21FN2O2S2/c1-16(2)10-13-11-20-9-3-8-17(13)21(18,19)14-6-4-12(15)5-7-14/h4-7,13H,3,8-11H2,1-2H3. The second-order valence-electron chi connectivity index (χ2n) is 5.41. The highest BCUT2D eigenvalue weighted by atomic mass is 32.2. The van der Waals surface area contributed by atoms with Crippen molar-refractivity contribution < 1.29 is 12.8 Å². The third-order valence-electron chi connectivity index (χ3n) is 3.38. The summed E-state index contributed by atoms with van der Waals surface area (Å²) < 4.78 is 40.2. The Morgan fingerprint density at radius 3 is 2.62 bits per heavy atom. The molecule has 1 atom stereocenters. The lowest BCUT2D eigenvalue weighted by Crippen LogP contribution is -2.46. The molecule has 0 radical (unpaired) electrons. The molecule has 1 heterocycles. The first-order chi connectivity index (χ1) is 9.91. The largest absolute Gasteiger partial charge is 0.308 e. The van der Waals surface area contributed by atoms with Crippen LogP contribution in [0.25, 0.3) is 0 Å².